The molecule has 3 nitrogen and oxygen atoms in total. The molecule has 0 bridgehead atoms. The Hall–Kier alpha value is -1.13. The van der Waals surface area contributed by atoms with Crippen LogP contribution >= 0.6 is 15.9 Å². The fourth-order valence-corrected chi connectivity index (χ4v) is 2.67. The second-order valence-electron chi connectivity index (χ2n) is 4.13. The van der Waals surface area contributed by atoms with Gasteiger partial charge < -0.3 is 15.5 Å². The van der Waals surface area contributed by atoms with Gasteiger partial charge in [0.15, 0.2) is 0 Å². The Balaban J connectivity index is 2.55. The Morgan fingerprint density at radius 2 is 2.24 bits per heavy atom. The number of nitrogens with one attached hydrogen (secondary N) is 1. The average Bonchev–Trinajstić information content (AvgIpc) is 2.74. The summed E-state index contributed by atoms with van der Waals surface area (Å²) in [6.07, 6.45) is 4.27. The van der Waals surface area contributed by atoms with E-state index in [1.54, 1.807) is 0 Å². The van der Waals surface area contributed by atoms with Gasteiger partial charge in [0, 0.05) is 16.1 Å². The molecule has 0 saturated heterocycles. The predicted molar refractivity (Wildman–Crippen MR) is 73.1 cm³/mol. The fraction of sp³-hybridized carbons (Fsp3) is 0.308. The van der Waals surface area contributed by atoms with Crippen molar-refractivity contribution in [3.8, 4) is 0 Å². The van der Waals surface area contributed by atoms with Crippen molar-refractivity contribution >= 4 is 33.1 Å². The van der Waals surface area contributed by atoms with Gasteiger partial charge in [-0.3, -0.25) is 0 Å². The van der Waals surface area contributed by atoms with E-state index in [1.165, 1.54) is 5.56 Å². The first kappa shape index (κ1) is 12.3. The lowest BCUT2D eigenvalue weighted by atomic mass is 10.0. The topological polar surface area (TPSA) is 58.9 Å². The van der Waals surface area contributed by atoms with E-state index in [9.17, 15) is 4.79 Å². The molecule has 0 aliphatic rings. The summed E-state index contributed by atoms with van der Waals surface area (Å²) in [5, 5.41) is 1.14. The number of aryl methyl sites for hydroxylation is 1. The zero-order valence-corrected chi connectivity index (χ0v) is 11.3. The number of aromatic nitrogens is 1. The molecule has 1 aromatic heterocycles. The highest BCUT2D eigenvalue weighted by Gasteiger charge is 2.12. The van der Waals surface area contributed by atoms with E-state index in [0.717, 1.165) is 33.6 Å². The number of aromatic amines is 1. The van der Waals surface area contributed by atoms with E-state index in [0.29, 0.717) is 6.42 Å². The summed E-state index contributed by atoms with van der Waals surface area (Å²) in [4.78, 5) is 13.9. The van der Waals surface area contributed by atoms with E-state index in [4.69, 9.17) is 5.73 Å². The van der Waals surface area contributed by atoms with Gasteiger partial charge in [0.25, 0.3) is 0 Å². The molecule has 0 radical (unpaired) electrons. The van der Waals surface area contributed by atoms with Gasteiger partial charge in [-0.25, -0.2) is 0 Å². The largest absolute Gasteiger partial charge is 0.361 e. The summed E-state index contributed by atoms with van der Waals surface area (Å²) in [5.74, 6) is 0. The number of H-pyrrole nitrogens is 1. The summed E-state index contributed by atoms with van der Waals surface area (Å²) >= 11 is 3.55. The van der Waals surface area contributed by atoms with Gasteiger partial charge in [-0.05, 0) is 30.0 Å². The van der Waals surface area contributed by atoms with Gasteiger partial charge in [-0.15, -0.1) is 0 Å². The van der Waals surface area contributed by atoms with Crippen molar-refractivity contribution in [1.29, 1.82) is 0 Å². The number of carbonyl (C=O) groups is 1. The van der Waals surface area contributed by atoms with Crippen LogP contribution in [0.4, 0.5) is 0 Å². The standard InChI is InChI=1S/C13H15BrN2O/c1-2-8-3-4-11(14)12-9(5-10(15)7-17)6-16-13(8)12/h3-4,6-7,10,16H,2,5,15H2,1H3/t10-/m0/s1. The molecule has 0 fully saturated rings. The number of fused-ring (bicyclic) bond motifs is 1. The summed E-state index contributed by atoms with van der Waals surface area (Å²) in [5.41, 5.74) is 9.17. The normalized spacial score (nSPS) is 12.9. The number of carbonyl (C=O) groups excluding carboxylic acids is 1. The predicted octanol–water partition coefficient (Wildman–Crippen LogP) is 2.56. The first-order valence-electron chi connectivity index (χ1n) is 5.65. The van der Waals surface area contributed by atoms with Crippen LogP contribution in [0.15, 0.2) is 22.8 Å². The summed E-state index contributed by atoms with van der Waals surface area (Å²) < 4.78 is 1.04. The SMILES string of the molecule is CCc1ccc(Br)c2c(C[C@H](N)C=O)c[nH]c12. The molecule has 1 atom stereocenters. The molecule has 0 amide bonds. The molecule has 1 aromatic carbocycles. The van der Waals surface area contributed by atoms with E-state index < -0.39 is 6.04 Å². The van der Waals surface area contributed by atoms with Crippen molar-refractivity contribution in [2.24, 2.45) is 5.73 Å². The summed E-state index contributed by atoms with van der Waals surface area (Å²) in [7, 11) is 0. The van der Waals surface area contributed by atoms with Crippen LogP contribution in [0.3, 0.4) is 0 Å². The van der Waals surface area contributed by atoms with Gasteiger partial charge in [-0.2, -0.15) is 0 Å². The van der Waals surface area contributed by atoms with Crippen molar-refractivity contribution in [2.75, 3.05) is 0 Å². The van der Waals surface area contributed by atoms with Crippen LogP contribution in [0.25, 0.3) is 10.9 Å². The van der Waals surface area contributed by atoms with Crippen LogP contribution in [0.1, 0.15) is 18.1 Å². The Kier molecular flexibility index (Phi) is 3.64. The van der Waals surface area contributed by atoms with Gasteiger partial charge in [-0.1, -0.05) is 28.9 Å². The van der Waals surface area contributed by atoms with E-state index in [1.807, 2.05) is 12.3 Å². The third kappa shape index (κ3) is 2.28. The van der Waals surface area contributed by atoms with Gasteiger partial charge in [0.05, 0.1) is 11.6 Å². The van der Waals surface area contributed by atoms with Gasteiger partial charge in [0.1, 0.15) is 6.29 Å². The smallest absolute Gasteiger partial charge is 0.137 e. The van der Waals surface area contributed by atoms with E-state index in [2.05, 4.69) is 33.9 Å². The molecule has 0 unspecified atom stereocenters. The third-order valence-electron chi connectivity index (χ3n) is 2.96. The maximum Gasteiger partial charge on any atom is 0.137 e. The number of halogens is 1. The van der Waals surface area contributed by atoms with Crippen LogP contribution in [-0.4, -0.2) is 17.3 Å². The molecular weight excluding hydrogens is 280 g/mol. The van der Waals surface area contributed by atoms with E-state index >= 15 is 0 Å². The molecule has 2 aromatic rings. The highest BCUT2D eigenvalue weighted by molar-refractivity contribution is 9.10. The number of nitrogens with two attached hydrogens (primary N) is 1. The second-order valence-corrected chi connectivity index (χ2v) is 4.98. The molecule has 90 valence electrons. The number of benzene rings is 1. The van der Waals surface area contributed by atoms with Gasteiger partial charge >= 0.3 is 0 Å². The minimum atomic E-state index is -0.439. The first-order valence-corrected chi connectivity index (χ1v) is 6.44. The molecule has 0 spiro atoms. The quantitative estimate of drug-likeness (QED) is 0.852. The minimum absolute atomic E-state index is 0.439. The average molecular weight is 295 g/mol. The molecule has 2 rings (SSSR count). The lowest BCUT2D eigenvalue weighted by Gasteiger charge is -2.05. The van der Waals surface area contributed by atoms with Crippen LogP contribution < -0.4 is 5.73 Å². The fourth-order valence-electron chi connectivity index (χ4n) is 2.09. The molecule has 1 heterocycles. The van der Waals surface area contributed by atoms with Crippen LogP contribution in [-0.2, 0) is 17.6 Å². The molecule has 0 aliphatic heterocycles. The third-order valence-corrected chi connectivity index (χ3v) is 3.62. The molecule has 17 heavy (non-hydrogen) atoms. The molecule has 4 heteroatoms. The highest BCUT2D eigenvalue weighted by Crippen LogP contribution is 2.30. The Labute approximate surface area is 109 Å². The summed E-state index contributed by atoms with van der Waals surface area (Å²) in [6, 6.07) is 3.71. The first-order chi connectivity index (χ1) is 8.17. The second kappa shape index (κ2) is 5.02. The van der Waals surface area contributed by atoms with Crippen LogP contribution in [0, 0.1) is 0 Å². The highest BCUT2D eigenvalue weighted by atomic mass is 79.9. The zero-order valence-electron chi connectivity index (χ0n) is 9.66. The molecule has 3 N–H and O–H groups in total. The van der Waals surface area contributed by atoms with Crippen molar-refractivity contribution < 1.29 is 4.79 Å². The number of aldehydes is 1. The van der Waals surface area contributed by atoms with Gasteiger partial charge in [0.2, 0.25) is 0 Å². The number of hydrogen-bond donors (Lipinski definition) is 2. The maximum atomic E-state index is 10.6. The molecular formula is C13H15BrN2O. The molecule has 0 saturated carbocycles. The monoisotopic (exact) mass is 294 g/mol. The zero-order chi connectivity index (χ0) is 12.4. The lowest BCUT2D eigenvalue weighted by molar-refractivity contribution is -0.108. The Morgan fingerprint density at radius 1 is 1.47 bits per heavy atom. The number of rotatable bonds is 4. The van der Waals surface area contributed by atoms with Crippen molar-refractivity contribution in [2.45, 2.75) is 25.8 Å². The Bertz CT molecular complexity index is 548. The maximum absolute atomic E-state index is 10.6. The minimum Gasteiger partial charge on any atom is -0.361 e. The van der Waals surface area contributed by atoms with E-state index in [-0.39, 0.29) is 0 Å². The summed E-state index contributed by atoms with van der Waals surface area (Å²) in [6.45, 7) is 2.13. The lowest BCUT2D eigenvalue weighted by Crippen LogP contribution is -2.23. The van der Waals surface area contributed by atoms with Crippen molar-refractivity contribution in [3.63, 3.8) is 0 Å². The van der Waals surface area contributed by atoms with Crippen molar-refractivity contribution in [3.05, 3.63) is 33.9 Å². The molecule has 0 aliphatic carbocycles. The van der Waals surface area contributed by atoms with Crippen LogP contribution in [0.2, 0.25) is 0 Å². The van der Waals surface area contributed by atoms with Crippen LogP contribution in [0.5, 0.6) is 0 Å². The van der Waals surface area contributed by atoms with Crippen molar-refractivity contribution in [1.82, 2.24) is 4.98 Å². The Morgan fingerprint density at radius 3 is 2.88 bits per heavy atom. The number of hydrogen-bond acceptors (Lipinski definition) is 2.